The van der Waals surface area contributed by atoms with Gasteiger partial charge in [-0.1, -0.05) is 24.7 Å². The van der Waals surface area contributed by atoms with Gasteiger partial charge in [0.1, 0.15) is 4.21 Å². The van der Waals surface area contributed by atoms with Gasteiger partial charge in [0.15, 0.2) is 5.00 Å². The first-order chi connectivity index (χ1) is 9.83. The first-order valence-electron chi connectivity index (χ1n) is 6.58. The summed E-state index contributed by atoms with van der Waals surface area (Å²) in [7, 11) is -3.76. The van der Waals surface area contributed by atoms with Gasteiger partial charge >= 0.3 is 5.69 Å². The van der Waals surface area contributed by atoms with Gasteiger partial charge in [0.2, 0.25) is 10.0 Å². The van der Waals surface area contributed by atoms with E-state index in [0.29, 0.717) is 6.54 Å². The van der Waals surface area contributed by atoms with Crippen LogP contribution in [-0.4, -0.2) is 19.9 Å². The molecule has 0 spiro atoms. The number of nitrogens with one attached hydrogen (secondary N) is 2. The van der Waals surface area contributed by atoms with E-state index in [1.54, 1.807) is 0 Å². The third-order valence-corrected chi connectivity index (χ3v) is 7.01. The standard InChI is InChI=1S/C11H18N4O4S2/c1-2-11(4-3-5-11)7-13-21(18,19)9-6-8(15(16)17)10(14-12)20-9/h6,13-14H,2-5,7,12H2,1H3. The van der Waals surface area contributed by atoms with Crippen LogP contribution in [0, 0.1) is 15.5 Å². The van der Waals surface area contributed by atoms with Crippen LogP contribution >= 0.6 is 11.3 Å². The first-order valence-corrected chi connectivity index (χ1v) is 8.88. The lowest BCUT2D eigenvalue weighted by molar-refractivity contribution is -0.383. The van der Waals surface area contributed by atoms with Gasteiger partial charge in [0, 0.05) is 12.6 Å². The van der Waals surface area contributed by atoms with Crippen LogP contribution in [0.4, 0.5) is 10.7 Å². The topological polar surface area (TPSA) is 127 Å². The molecule has 1 aromatic heterocycles. The normalized spacial score (nSPS) is 17.2. The number of nitro groups is 1. The van der Waals surface area contributed by atoms with E-state index in [4.69, 9.17) is 5.84 Å². The number of rotatable bonds is 7. The van der Waals surface area contributed by atoms with E-state index in [1.807, 2.05) is 6.92 Å². The molecule has 0 bridgehead atoms. The zero-order chi connectivity index (χ0) is 15.7. The molecule has 0 unspecified atom stereocenters. The maximum atomic E-state index is 12.2. The largest absolute Gasteiger partial charge is 0.310 e. The molecule has 118 valence electrons. The van der Waals surface area contributed by atoms with Crippen molar-refractivity contribution in [1.29, 1.82) is 0 Å². The predicted molar refractivity (Wildman–Crippen MR) is 80.5 cm³/mol. The Bertz CT molecular complexity index is 631. The molecule has 0 saturated heterocycles. The van der Waals surface area contributed by atoms with Crippen molar-refractivity contribution >= 4 is 32.0 Å². The second kappa shape index (κ2) is 5.87. The first kappa shape index (κ1) is 16.1. The van der Waals surface area contributed by atoms with Crippen molar-refractivity contribution in [2.45, 2.75) is 36.8 Å². The Morgan fingerprint density at radius 2 is 2.19 bits per heavy atom. The summed E-state index contributed by atoms with van der Waals surface area (Å²) in [6, 6.07) is 1.03. The van der Waals surface area contributed by atoms with Crippen LogP contribution in [0.2, 0.25) is 0 Å². The molecule has 1 saturated carbocycles. The highest BCUT2D eigenvalue weighted by Crippen LogP contribution is 2.43. The minimum Gasteiger partial charge on any atom is -0.310 e. The summed E-state index contributed by atoms with van der Waals surface area (Å²) >= 11 is 0.750. The van der Waals surface area contributed by atoms with Crippen LogP contribution < -0.4 is 16.0 Å². The molecular weight excluding hydrogens is 316 g/mol. The molecule has 4 N–H and O–H groups in total. The van der Waals surface area contributed by atoms with Crippen molar-refractivity contribution in [3.63, 3.8) is 0 Å². The second-order valence-corrected chi connectivity index (χ2v) is 8.26. The summed E-state index contributed by atoms with van der Waals surface area (Å²) in [6.07, 6.45) is 4.04. The smallest absolute Gasteiger partial charge is 0.306 e. The molecule has 21 heavy (non-hydrogen) atoms. The number of hydrogen-bond donors (Lipinski definition) is 3. The number of hydrogen-bond acceptors (Lipinski definition) is 7. The molecule has 1 aliphatic carbocycles. The Labute approximate surface area is 126 Å². The van der Waals surface area contributed by atoms with Crippen molar-refractivity contribution in [2.75, 3.05) is 12.0 Å². The monoisotopic (exact) mass is 334 g/mol. The fourth-order valence-electron chi connectivity index (χ4n) is 2.38. The quantitative estimate of drug-likeness (QED) is 0.396. The van der Waals surface area contributed by atoms with Crippen LogP contribution in [0.5, 0.6) is 0 Å². The molecule has 1 aromatic rings. The fourth-order valence-corrected chi connectivity index (χ4v) is 4.82. The number of anilines is 1. The van der Waals surface area contributed by atoms with Crippen LogP contribution in [-0.2, 0) is 10.0 Å². The number of sulfonamides is 1. The van der Waals surface area contributed by atoms with Gasteiger partial charge in [-0.2, -0.15) is 0 Å². The summed E-state index contributed by atoms with van der Waals surface area (Å²) < 4.78 is 27.0. The average molecular weight is 334 g/mol. The van der Waals surface area contributed by atoms with Gasteiger partial charge in [-0.3, -0.25) is 10.1 Å². The van der Waals surface area contributed by atoms with Gasteiger partial charge in [-0.05, 0) is 24.7 Å². The van der Waals surface area contributed by atoms with E-state index in [-0.39, 0.29) is 20.3 Å². The Morgan fingerprint density at radius 1 is 1.52 bits per heavy atom. The van der Waals surface area contributed by atoms with Crippen LogP contribution in [0.1, 0.15) is 32.6 Å². The summed E-state index contributed by atoms with van der Waals surface area (Å²) in [5.74, 6) is 5.18. The summed E-state index contributed by atoms with van der Waals surface area (Å²) in [5.41, 5.74) is 1.86. The third-order valence-electron chi connectivity index (χ3n) is 4.08. The SMILES string of the molecule is CCC1(CNS(=O)(=O)c2cc([N+](=O)[O-])c(NN)s2)CCC1. The lowest BCUT2D eigenvalue weighted by Gasteiger charge is -2.41. The van der Waals surface area contributed by atoms with E-state index >= 15 is 0 Å². The van der Waals surface area contributed by atoms with E-state index in [1.165, 1.54) is 0 Å². The lowest BCUT2D eigenvalue weighted by Crippen LogP contribution is -2.41. The van der Waals surface area contributed by atoms with Gasteiger partial charge in [-0.25, -0.2) is 19.0 Å². The van der Waals surface area contributed by atoms with E-state index in [2.05, 4.69) is 10.1 Å². The zero-order valence-corrected chi connectivity index (χ0v) is 13.2. The summed E-state index contributed by atoms with van der Waals surface area (Å²) in [4.78, 5) is 10.2. The molecular formula is C11H18N4O4S2. The molecule has 0 aliphatic heterocycles. The number of nitrogens with zero attached hydrogens (tertiary/aromatic N) is 1. The molecule has 1 heterocycles. The molecule has 0 atom stereocenters. The number of hydrazine groups is 1. The van der Waals surface area contributed by atoms with Crippen molar-refractivity contribution in [2.24, 2.45) is 11.3 Å². The molecule has 1 fully saturated rings. The van der Waals surface area contributed by atoms with Crippen LogP contribution in [0.25, 0.3) is 0 Å². The minimum absolute atomic E-state index is 0.0224. The molecule has 10 heteroatoms. The summed E-state index contributed by atoms with van der Waals surface area (Å²) in [6.45, 7) is 2.41. The van der Waals surface area contributed by atoms with Crippen molar-refractivity contribution in [3.8, 4) is 0 Å². The predicted octanol–water partition coefficient (Wildman–Crippen LogP) is 1.80. The van der Waals surface area contributed by atoms with Gasteiger partial charge < -0.3 is 5.43 Å². The van der Waals surface area contributed by atoms with Gasteiger partial charge in [0.25, 0.3) is 0 Å². The summed E-state index contributed by atoms with van der Waals surface area (Å²) in [5, 5.41) is 10.9. The minimum atomic E-state index is -3.76. The molecule has 0 aromatic carbocycles. The van der Waals surface area contributed by atoms with E-state index in [9.17, 15) is 18.5 Å². The molecule has 2 rings (SSSR count). The number of thiophene rings is 1. The van der Waals surface area contributed by atoms with Gasteiger partial charge in [-0.15, -0.1) is 0 Å². The van der Waals surface area contributed by atoms with Crippen molar-refractivity contribution in [1.82, 2.24) is 4.72 Å². The van der Waals surface area contributed by atoms with Crippen molar-refractivity contribution in [3.05, 3.63) is 16.2 Å². The zero-order valence-electron chi connectivity index (χ0n) is 11.6. The molecule has 0 amide bonds. The van der Waals surface area contributed by atoms with Crippen molar-refractivity contribution < 1.29 is 13.3 Å². The second-order valence-electron chi connectivity index (χ2n) is 5.21. The number of nitrogen functional groups attached to an aromatic ring is 1. The fraction of sp³-hybridized carbons (Fsp3) is 0.636. The highest BCUT2D eigenvalue weighted by atomic mass is 32.2. The Morgan fingerprint density at radius 3 is 2.57 bits per heavy atom. The molecule has 1 aliphatic rings. The Kier molecular flexibility index (Phi) is 4.51. The molecule has 0 radical (unpaired) electrons. The maximum absolute atomic E-state index is 12.2. The Hall–Kier alpha value is -1.23. The highest BCUT2D eigenvalue weighted by Gasteiger charge is 2.36. The third kappa shape index (κ3) is 3.18. The molecule has 8 nitrogen and oxygen atoms in total. The van der Waals surface area contributed by atoms with Gasteiger partial charge in [0.05, 0.1) is 4.92 Å². The average Bonchev–Trinajstić information content (AvgIpc) is 2.83. The maximum Gasteiger partial charge on any atom is 0.306 e. The van der Waals surface area contributed by atoms with Crippen LogP contribution in [0.15, 0.2) is 10.3 Å². The lowest BCUT2D eigenvalue weighted by atomic mass is 9.67. The van der Waals surface area contributed by atoms with Crippen LogP contribution in [0.3, 0.4) is 0 Å². The van der Waals surface area contributed by atoms with E-state index in [0.717, 1.165) is 43.1 Å². The van der Waals surface area contributed by atoms with E-state index < -0.39 is 14.9 Å². The number of nitrogens with two attached hydrogens (primary N) is 1. The Balaban J connectivity index is 2.18. The highest BCUT2D eigenvalue weighted by molar-refractivity contribution is 7.91.